The highest BCUT2D eigenvalue weighted by atomic mass is 15.2. The number of hydrogen-bond acceptors (Lipinski definition) is 2. The first-order chi connectivity index (χ1) is 9.21. The zero-order chi connectivity index (χ0) is 12.9. The molecule has 0 bridgehead atoms. The van der Waals surface area contributed by atoms with Crippen molar-refractivity contribution in [1.82, 2.24) is 10.2 Å². The summed E-state index contributed by atoms with van der Waals surface area (Å²) in [6.07, 6.45) is 5.69. The predicted octanol–water partition coefficient (Wildman–Crippen LogP) is 2.71. The van der Waals surface area contributed by atoms with Gasteiger partial charge in [0.05, 0.1) is 0 Å². The van der Waals surface area contributed by atoms with Crippen LogP contribution in [0.2, 0.25) is 0 Å². The van der Waals surface area contributed by atoms with Gasteiger partial charge < -0.3 is 5.32 Å². The first-order valence-corrected chi connectivity index (χ1v) is 7.75. The quantitative estimate of drug-likeness (QED) is 0.891. The van der Waals surface area contributed by atoms with Crippen molar-refractivity contribution in [2.45, 2.75) is 51.2 Å². The largest absolute Gasteiger partial charge is 0.311 e. The van der Waals surface area contributed by atoms with E-state index in [0.29, 0.717) is 5.41 Å². The maximum Gasteiger partial charge on any atom is 0.0234 e. The molecule has 102 valence electrons. The zero-order valence-electron chi connectivity index (χ0n) is 11.9. The van der Waals surface area contributed by atoms with Crippen LogP contribution in [0.5, 0.6) is 0 Å². The molecule has 19 heavy (non-hydrogen) atoms. The molecule has 2 heteroatoms. The monoisotopic (exact) mass is 256 g/mol. The van der Waals surface area contributed by atoms with E-state index in [0.717, 1.165) is 18.6 Å². The predicted molar refractivity (Wildman–Crippen MR) is 78.1 cm³/mol. The van der Waals surface area contributed by atoms with Crippen molar-refractivity contribution in [2.75, 3.05) is 13.1 Å². The van der Waals surface area contributed by atoms with Crippen LogP contribution in [0, 0.1) is 12.3 Å². The molecular formula is C17H24N2. The summed E-state index contributed by atoms with van der Waals surface area (Å²) in [6.45, 7) is 5.94. The third kappa shape index (κ3) is 2.44. The molecule has 1 saturated heterocycles. The fraction of sp³-hybridized carbons (Fsp3) is 0.647. The molecular weight excluding hydrogens is 232 g/mol. The molecule has 3 fully saturated rings. The second-order valence-electron chi connectivity index (χ2n) is 7.18. The lowest BCUT2D eigenvalue weighted by Crippen LogP contribution is -2.65. The molecule has 3 aliphatic rings. The Hall–Kier alpha value is -0.860. The van der Waals surface area contributed by atoms with Gasteiger partial charge in [-0.15, -0.1) is 0 Å². The molecule has 1 aromatic rings. The Bertz CT molecular complexity index is 447. The molecule has 4 rings (SSSR count). The second-order valence-corrected chi connectivity index (χ2v) is 7.18. The molecule has 0 radical (unpaired) electrons. The van der Waals surface area contributed by atoms with Crippen LogP contribution < -0.4 is 5.32 Å². The van der Waals surface area contributed by atoms with E-state index in [1.807, 2.05) is 0 Å². The molecule has 1 aliphatic heterocycles. The summed E-state index contributed by atoms with van der Waals surface area (Å²) in [5.74, 6) is 0. The Morgan fingerprint density at radius 3 is 2.42 bits per heavy atom. The van der Waals surface area contributed by atoms with Gasteiger partial charge >= 0.3 is 0 Å². The normalized spacial score (nSPS) is 26.2. The van der Waals surface area contributed by atoms with Crippen LogP contribution in [-0.4, -0.2) is 30.1 Å². The van der Waals surface area contributed by atoms with E-state index in [4.69, 9.17) is 0 Å². The Kier molecular flexibility index (Phi) is 2.71. The molecule has 2 nitrogen and oxygen atoms in total. The number of hydrogen-bond donors (Lipinski definition) is 1. The standard InChI is InChI=1S/C17H24N2/c1-13-2-4-14(5-3-13)10-19-11-17(12-19)8-16(9-17)18-15-6-7-15/h2-5,15-16,18H,6-12H2,1H3. The number of aryl methyl sites for hydroxylation is 1. The number of benzene rings is 1. The minimum atomic E-state index is 0.692. The first kappa shape index (κ1) is 11.9. The average Bonchev–Trinajstić information content (AvgIpc) is 3.10. The Labute approximate surface area is 116 Å². The maximum absolute atomic E-state index is 3.77. The molecule has 2 saturated carbocycles. The maximum atomic E-state index is 3.77. The van der Waals surface area contributed by atoms with Gasteiger partial charge in [0.25, 0.3) is 0 Å². The fourth-order valence-electron chi connectivity index (χ4n) is 3.91. The van der Waals surface area contributed by atoms with E-state index in [-0.39, 0.29) is 0 Å². The molecule has 1 N–H and O–H groups in total. The lowest BCUT2D eigenvalue weighted by molar-refractivity contribution is -0.0832. The van der Waals surface area contributed by atoms with Crippen LogP contribution in [0.15, 0.2) is 24.3 Å². The van der Waals surface area contributed by atoms with Crippen LogP contribution in [0.3, 0.4) is 0 Å². The van der Waals surface area contributed by atoms with E-state index in [2.05, 4.69) is 41.4 Å². The van der Waals surface area contributed by atoms with Gasteiger partial charge in [0, 0.05) is 31.7 Å². The minimum Gasteiger partial charge on any atom is -0.311 e. The van der Waals surface area contributed by atoms with Gasteiger partial charge in [-0.25, -0.2) is 0 Å². The van der Waals surface area contributed by atoms with Gasteiger partial charge in [0.2, 0.25) is 0 Å². The SMILES string of the molecule is Cc1ccc(CN2CC3(CC(NC4CC4)C3)C2)cc1. The highest BCUT2D eigenvalue weighted by Gasteiger charge is 2.52. The lowest BCUT2D eigenvalue weighted by Gasteiger charge is -2.59. The Balaban J connectivity index is 1.23. The molecule has 1 spiro atoms. The third-order valence-corrected chi connectivity index (χ3v) is 5.05. The summed E-state index contributed by atoms with van der Waals surface area (Å²) in [5.41, 5.74) is 3.52. The van der Waals surface area contributed by atoms with Crippen molar-refractivity contribution < 1.29 is 0 Å². The lowest BCUT2D eigenvalue weighted by atomic mass is 9.60. The molecule has 0 amide bonds. The van der Waals surface area contributed by atoms with Gasteiger partial charge in [0.1, 0.15) is 0 Å². The van der Waals surface area contributed by atoms with Crippen LogP contribution in [0.25, 0.3) is 0 Å². The van der Waals surface area contributed by atoms with Crippen molar-refractivity contribution in [3.8, 4) is 0 Å². The van der Waals surface area contributed by atoms with Crippen molar-refractivity contribution >= 4 is 0 Å². The Morgan fingerprint density at radius 1 is 1.11 bits per heavy atom. The van der Waals surface area contributed by atoms with Gasteiger partial charge in [-0.1, -0.05) is 29.8 Å². The topological polar surface area (TPSA) is 15.3 Å². The summed E-state index contributed by atoms with van der Waals surface area (Å²) >= 11 is 0. The van der Waals surface area contributed by atoms with Crippen molar-refractivity contribution in [3.05, 3.63) is 35.4 Å². The summed E-state index contributed by atoms with van der Waals surface area (Å²) in [4.78, 5) is 2.61. The van der Waals surface area contributed by atoms with Crippen molar-refractivity contribution in [3.63, 3.8) is 0 Å². The highest BCUT2D eigenvalue weighted by Crippen LogP contribution is 2.49. The molecule has 1 aromatic carbocycles. The van der Waals surface area contributed by atoms with Crippen LogP contribution >= 0.6 is 0 Å². The third-order valence-electron chi connectivity index (χ3n) is 5.05. The second kappa shape index (κ2) is 4.32. The van der Waals surface area contributed by atoms with Gasteiger partial charge in [0.15, 0.2) is 0 Å². The Morgan fingerprint density at radius 2 is 1.79 bits per heavy atom. The van der Waals surface area contributed by atoms with E-state index >= 15 is 0 Å². The molecule has 0 unspecified atom stereocenters. The van der Waals surface area contributed by atoms with Gasteiger partial charge in [-0.05, 0) is 43.6 Å². The zero-order valence-corrected chi connectivity index (χ0v) is 11.9. The van der Waals surface area contributed by atoms with Crippen LogP contribution in [-0.2, 0) is 6.54 Å². The number of rotatable bonds is 4. The fourth-order valence-corrected chi connectivity index (χ4v) is 3.91. The molecule has 2 aliphatic carbocycles. The minimum absolute atomic E-state index is 0.692. The summed E-state index contributed by atoms with van der Waals surface area (Å²) < 4.78 is 0. The van der Waals surface area contributed by atoms with E-state index in [1.165, 1.54) is 49.9 Å². The highest BCUT2D eigenvalue weighted by molar-refractivity contribution is 5.22. The number of likely N-dealkylation sites (tertiary alicyclic amines) is 1. The van der Waals surface area contributed by atoms with Crippen molar-refractivity contribution in [2.24, 2.45) is 5.41 Å². The van der Waals surface area contributed by atoms with Crippen LogP contribution in [0.1, 0.15) is 36.8 Å². The van der Waals surface area contributed by atoms with E-state index < -0.39 is 0 Å². The van der Waals surface area contributed by atoms with Crippen LogP contribution in [0.4, 0.5) is 0 Å². The van der Waals surface area contributed by atoms with Gasteiger partial charge in [-0.3, -0.25) is 4.90 Å². The summed E-state index contributed by atoms with van der Waals surface area (Å²) in [7, 11) is 0. The summed E-state index contributed by atoms with van der Waals surface area (Å²) in [5, 5.41) is 3.77. The molecule has 0 aromatic heterocycles. The molecule has 1 heterocycles. The molecule has 0 atom stereocenters. The smallest absolute Gasteiger partial charge is 0.0234 e. The van der Waals surface area contributed by atoms with Gasteiger partial charge in [-0.2, -0.15) is 0 Å². The number of nitrogens with zero attached hydrogens (tertiary/aromatic N) is 1. The average molecular weight is 256 g/mol. The number of nitrogens with one attached hydrogen (secondary N) is 1. The first-order valence-electron chi connectivity index (χ1n) is 7.75. The van der Waals surface area contributed by atoms with E-state index in [9.17, 15) is 0 Å². The summed E-state index contributed by atoms with van der Waals surface area (Å²) in [6, 6.07) is 10.7. The van der Waals surface area contributed by atoms with Crippen molar-refractivity contribution in [1.29, 1.82) is 0 Å². The van der Waals surface area contributed by atoms with E-state index in [1.54, 1.807) is 0 Å².